The molecule has 0 aliphatic carbocycles. The third-order valence-corrected chi connectivity index (χ3v) is 5.85. The number of hydrogen-bond donors (Lipinski definition) is 2. The maximum atomic E-state index is 10.1. The van der Waals surface area contributed by atoms with Gasteiger partial charge in [-0.3, -0.25) is 4.98 Å². The van der Waals surface area contributed by atoms with Gasteiger partial charge in [0, 0.05) is 36.7 Å². The normalized spacial score (nSPS) is 23.5. The minimum absolute atomic E-state index is 0.0796. The molecular weight excluding hydrogens is 416 g/mol. The standard InChI is InChI=1S/C23H27ClN4O3/c1-14(2)22-15(10-25-11-16(22)21-4-3-8-31-21)5-6-18-17(24)12-26-23(27-18)28-19-7-9-30-13-20(19)29/h10-12,14,19-21,29H,3-4,7-9,13H2,1-2H3,(H,26,27,28)/t19-,20-,21?/m1/s1. The summed E-state index contributed by atoms with van der Waals surface area (Å²) >= 11 is 6.31. The lowest BCUT2D eigenvalue weighted by atomic mass is 9.91. The lowest BCUT2D eigenvalue weighted by Gasteiger charge is -2.28. The molecule has 2 aliphatic heterocycles. The summed E-state index contributed by atoms with van der Waals surface area (Å²) in [7, 11) is 0. The largest absolute Gasteiger partial charge is 0.389 e. The molecule has 164 valence electrons. The monoisotopic (exact) mass is 442 g/mol. The summed E-state index contributed by atoms with van der Waals surface area (Å²) in [6, 6.07) is -0.171. The van der Waals surface area contributed by atoms with Crippen LogP contribution >= 0.6 is 11.6 Å². The van der Waals surface area contributed by atoms with Crippen molar-refractivity contribution < 1.29 is 14.6 Å². The molecule has 1 unspecified atom stereocenters. The van der Waals surface area contributed by atoms with Gasteiger partial charge >= 0.3 is 0 Å². The molecule has 8 heteroatoms. The van der Waals surface area contributed by atoms with E-state index in [1.54, 1.807) is 6.20 Å². The fraction of sp³-hybridized carbons (Fsp3) is 0.522. The molecule has 4 rings (SSSR count). The first-order valence-electron chi connectivity index (χ1n) is 10.7. The second-order valence-corrected chi connectivity index (χ2v) is 8.58. The molecule has 7 nitrogen and oxygen atoms in total. The number of hydrogen-bond acceptors (Lipinski definition) is 7. The van der Waals surface area contributed by atoms with E-state index in [1.807, 2.05) is 6.20 Å². The Morgan fingerprint density at radius 1 is 1.19 bits per heavy atom. The summed E-state index contributed by atoms with van der Waals surface area (Å²) in [5.41, 5.74) is 3.55. The van der Waals surface area contributed by atoms with Crippen LogP contribution in [0, 0.1) is 11.8 Å². The molecule has 0 radical (unpaired) electrons. The highest BCUT2D eigenvalue weighted by Crippen LogP contribution is 2.34. The summed E-state index contributed by atoms with van der Waals surface area (Å²) in [4.78, 5) is 13.1. The second kappa shape index (κ2) is 9.92. The molecule has 2 aliphatic rings. The number of aliphatic hydroxyl groups is 1. The van der Waals surface area contributed by atoms with Gasteiger partial charge in [0.1, 0.15) is 5.69 Å². The predicted molar refractivity (Wildman–Crippen MR) is 118 cm³/mol. The summed E-state index contributed by atoms with van der Waals surface area (Å²) in [5.74, 6) is 6.97. The predicted octanol–water partition coefficient (Wildman–Crippen LogP) is 3.46. The van der Waals surface area contributed by atoms with Crippen LogP contribution in [0.4, 0.5) is 5.95 Å². The van der Waals surface area contributed by atoms with Gasteiger partial charge in [-0.1, -0.05) is 31.4 Å². The molecule has 0 spiro atoms. The van der Waals surface area contributed by atoms with E-state index in [0.29, 0.717) is 36.3 Å². The fourth-order valence-electron chi connectivity index (χ4n) is 4.02. The SMILES string of the molecule is CC(C)c1c(C#Cc2nc(N[C@@H]3CCOC[C@H]3O)ncc2Cl)cncc1C1CCCO1. The molecule has 2 aromatic heterocycles. The molecule has 0 amide bonds. The van der Waals surface area contributed by atoms with E-state index in [1.165, 1.54) is 6.20 Å². The Bertz CT molecular complexity index is 983. The number of aliphatic hydroxyl groups excluding tert-OH is 1. The van der Waals surface area contributed by atoms with Crippen molar-refractivity contribution in [3.05, 3.63) is 46.0 Å². The summed E-state index contributed by atoms with van der Waals surface area (Å²) in [5, 5.41) is 13.6. The van der Waals surface area contributed by atoms with Crippen LogP contribution in [0.25, 0.3) is 0 Å². The lowest BCUT2D eigenvalue weighted by Crippen LogP contribution is -2.42. The Morgan fingerprint density at radius 2 is 2.06 bits per heavy atom. The number of nitrogens with one attached hydrogen (secondary N) is 1. The molecule has 2 saturated heterocycles. The van der Waals surface area contributed by atoms with Crippen LogP contribution in [0.1, 0.15) is 67.5 Å². The van der Waals surface area contributed by atoms with Crippen molar-refractivity contribution in [2.45, 2.75) is 57.3 Å². The zero-order valence-corrected chi connectivity index (χ0v) is 18.5. The van der Waals surface area contributed by atoms with Gasteiger partial charge in [0.05, 0.1) is 36.1 Å². The van der Waals surface area contributed by atoms with Crippen molar-refractivity contribution in [1.82, 2.24) is 15.0 Å². The Labute approximate surface area is 187 Å². The van der Waals surface area contributed by atoms with Crippen LogP contribution in [0.3, 0.4) is 0 Å². The number of anilines is 1. The van der Waals surface area contributed by atoms with E-state index >= 15 is 0 Å². The third-order valence-electron chi connectivity index (χ3n) is 5.57. The first-order chi connectivity index (χ1) is 15.0. The van der Waals surface area contributed by atoms with E-state index in [4.69, 9.17) is 21.1 Å². The lowest BCUT2D eigenvalue weighted by molar-refractivity contribution is -0.0136. The second-order valence-electron chi connectivity index (χ2n) is 8.17. The van der Waals surface area contributed by atoms with E-state index in [9.17, 15) is 5.11 Å². The van der Waals surface area contributed by atoms with Crippen molar-refractivity contribution in [2.75, 3.05) is 25.1 Å². The number of aromatic nitrogens is 3. The Balaban J connectivity index is 1.62. The van der Waals surface area contributed by atoms with Gasteiger partial charge in [0.25, 0.3) is 0 Å². The highest BCUT2D eigenvalue weighted by Gasteiger charge is 2.25. The molecule has 0 bridgehead atoms. The smallest absolute Gasteiger partial charge is 0.224 e. The Hall–Kier alpha value is -2.24. The van der Waals surface area contributed by atoms with Crippen LogP contribution in [-0.2, 0) is 9.47 Å². The van der Waals surface area contributed by atoms with Crippen molar-refractivity contribution in [1.29, 1.82) is 0 Å². The first kappa shape index (κ1) is 22.0. The average molecular weight is 443 g/mol. The van der Waals surface area contributed by atoms with E-state index in [0.717, 1.165) is 36.1 Å². The highest BCUT2D eigenvalue weighted by atomic mass is 35.5. The number of pyridine rings is 1. The van der Waals surface area contributed by atoms with Crippen LogP contribution in [-0.4, -0.2) is 52.0 Å². The fourth-order valence-corrected chi connectivity index (χ4v) is 4.16. The van der Waals surface area contributed by atoms with Crippen LogP contribution < -0.4 is 5.32 Å². The minimum Gasteiger partial charge on any atom is -0.389 e. The molecule has 31 heavy (non-hydrogen) atoms. The topological polar surface area (TPSA) is 89.4 Å². The summed E-state index contributed by atoms with van der Waals surface area (Å²) in [6.07, 6.45) is 7.42. The molecule has 0 aromatic carbocycles. The van der Waals surface area contributed by atoms with Crippen LogP contribution in [0.2, 0.25) is 5.02 Å². The van der Waals surface area contributed by atoms with Gasteiger partial charge in [-0.2, -0.15) is 0 Å². The zero-order valence-electron chi connectivity index (χ0n) is 17.8. The third kappa shape index (κ3) is 5.16. The Morgan fingerprint density at radius 3 is 2.81 bits per heavy atom. The summed E-state index contributed by atoms with van der Waals surface area (Å²) in [6.45, 7) is 5.97. The van der Waals surface area contributed by atoms with Crippen molar-refractivity contribution in [3.63, 3.8) is 0 Å². The summed E-state index contributed by atoms with van der Waals surface area (Å²) < 4.78 is 11.2. The van der Waals surface area contributed by atoms with Crippen LogP contribution in [0.15, 0.2) is 18.6 Å². The van der Waals surface area contributed by atoms with Gasteiger partial charge in [-0.05, 0) is 36.7 Å². The van der Waals surface area contributed by atoms with Gasteiger partial charge in [0.15, 0.2) is 0 Å². The van der Waals surface area contributed by atoms with E-state index < -0.39 is 6.10 Å². The maximum absolute atomic E-state index is 10.1. The van der Waals surface area contributed by atoms with Gasteiger partial charge in [-0.15, -0.1) is 0 Å². The number of nitrogens with zero attached hydrogens (tertiary/aromatic N) is 3. The van der Waals surface area contributed by atoms with Gasteiger partial charge in [0.2, 0.25) is 5.95 Å². The van der Waals surface area contributed by atoms with Crippen molar-refractivity contribution >= 4 is 17.5 Å². The zero-order chi connectivity index (χ0) is 21.8. The first-order valence-corrected chi connectivity index (χ1v) is 11.1. The van der Waals surface area contributed by atoms with Crippen molar-refractivity contribution in [2.24, 2.45) is 0 Å². The Kier molecular flexibility index (Phi) is 7.03. The molecule has 0 saturated carbocycles. The quantitative estimate of drug-likeness (QED) is 0.701. The molecule has 4 heterocycles. The molecule has 2 aromatic rings. The number of halogens is 1. The van der Waals surface area contributed by atoms with Crippen LogP contribution in [0.5, 0.6) is 0 Å². The van der Waals surface area contributed by atoms with E-state index in [-0.39, 0.29) is 18.1 Å². The molecule has 3 atom stereocenters. The minimum atomic E-state index is -0.609. The van der Waals surface area contributed by atoms with Gasteiger partial charge in [-0.25, -0.2) is 9.97 Å². The average Bonchev–Trinajstić information content (AvgIpc) is 3.30. The maximum Gasteiger partial charge on any atom is 0.224 e. The molecular formula is C23H27ClN4O3. The highest BCUT2D eigenvalue weighted by molar-refractivity contribution is 6.31. The molecule has 2 N–H and O–H groups in total. The van der Waals surface area contributed by atoms with Gasteiger partial charge < -0.3 is 19.9 Å². The number of ether oxygens (including phenoxy) is 2. The van der Waals surface area contributed by atoms with E-state index in [2.05, 4.69) is 46.0 Å². The number of rotatable bonds is 4. The molecule has 2 fully saturated rings. The van der Waals surface area contributed by atoms with Crippen molar-refractivity contribution in [3.8, 4) is 11.8 Å².